The van der Waals surface area contributed by atoms with E-state index in [0.29, 0.717) is 17.7 Å². The van der Waals surface area contributed by atoms with Crippen molar-refractivity contribution < 1.29 is 19.2 Å². The first-order chi connectivity index (χ1) is 14.0. The Balaban J connectivity index is 1.60. The molecule has 0 atom stereocenters. The van der Waals surface area contributed by atoms with E-state index in [1.54, 1.807) is 24.3 Å². The molecular weight excluding hydrogens is 374 g/mol. The fourth-order valence-corrected chi connectivity index (χ4v) is 3.19. The van der Waals surface area contributed by atoms with Crippen LogP contribution in [-0.4, -0.2) is 54.4 Å². The van der Waals surface area contributed by atoms with Crippen molar-refractivity contribution in [1.29, 1.82) is 0 Å². The second kappa shape index (κ2) is 9.90. The number of morpholine rings is 1. The molecule has 8 nitrogen and oxygen atoms in total. The molecule has 0 aromatic heterocycles. The number of carbonyl (C=O) groups is 2. The number of nitrogens with zero attached hydrogens (tertiary/aromatic N) is 2. The third-order valence-electron chi connectivity index (χ3n) is 4.80. The first-order valence-corrected chi connectivity index (χ1v) is 9.53. The maximum absolute atomic E-state index is 12.7. The summed E-state index contributed by atoms with van der Waals surface area (Å²) in [5.41, 5.74) is 1.10. The zero-order chi connectivity index (χ0) is 20.6. The Bertz CT molecular complexity index is 876. The van der Waals surface area contributed by atoms with E-state index in [0.717, 1.165) is 39.3 Å². The molecule has 29 heavy (non-hydrogen) atoms. The van der Waals surface area contributed by atoms with Crippen LogP contribution in [0.15, 0.2) is 48.5 Å². The minimum atomic E-state index is -0.521. The van der Waals surface area contributed by atoms with Crippen molar-refractivity contribution in [2.75, 3.05) is 38.2 Å². The highest BCUT2D eigenvalue weighted by Gasteiger charge is 2.16. The van der Waals surface area contributed by atoms with Gasteiger partial charge in [0.15, 0.2) is 5.78 Å². The van der Waals surface area contributed by atoms with E-state index in [-0.39, 0.29) is 17.0 Å². The van der Waals surface area contributed by atoms with Gasteiger partial charge < -0.3 is 10.1 Å². The quantitative estimate of drug-likeness (QED) is 0.417. The number of anilines is 1. The highest BCUT2D eigenvalue weighted by atomic mass is 16.6. The molecule has 0 bridgehead atoms. The number of non-ortho nitro benzene ring substituents is 1. The second-order valence-electron chi connectivity index (χ2n) is 6.78. The lowest BCUT2D eigenvalue weighted by Gasteiger charge is -2.26. The molecule has 0 spiro atoms. The van der Waals surface area contributed by atoms with E-state index in [2.05, 4.69) is 10.2 Å². The number of hydrogen-bond acceptors (Lipinski definition) is 6. The van der Waals surface area contributed by atoms with Crippen LogP contribution in [0.1, 0.15) is 33.6 Å². The van der Waals surface area contributed by atoms with Crippen LogP contribution >= 0.6 is 0 Å². The molecule has 1 N–H and O–H groups in total. The summed E-state index contributed by atoms with van der Waals surface area (Å²) in [7, 11) is 0. The number of ether oxygens (including phenoxy) is 1. The number of para-hydroxylation sites is 1. The molecule has 2 aromatic rings. The van der Waals surface area contributed by atoms with Gasteiger partial charge in [-0.3, -0.25) is 24.6 Å². The lowest BCUT2D eigenvalue weighted by Crippen LogP contribution is -2.36. The van der Waals surface area contributed by atoms with Crippen LogP contribution in [0, 0.1) is 10.1 Å². The molecule has 1 aliphatic heterocycles. The molecule has 0 radical (unpaired) electrons. The van der Waals surface area contributed by atoms with Gasteiger partial charge in [0, 0.05) is 42.8 Å². The SMILES string of the molecule is O=C(Nc1ccccc1C(=O)CCCN1CCOCC1)c1ccc([N+](=O)[O-])cc1. The maximum Gasteiger partial charge on any atom is 0.269 e. The average Bonchev–Trinajstić information content (AvgIpc) is 2.75. The Morgan fingerprint density at radius 1 is 1.07 bits per heavy atom. The molecular formula is C21H23N3O5. The monoisotopic (exact) mass is 397 g/mol. The number of Topliss-reactive ketones (excluding diaryl/α,β-unsaturated/α-hetero) is 1. The molecule has 0 unspecified atom stereocenters. The highest BCUT2D eigenvalue weighted by Crippen LogP contribution is 2.20. The molecule has 0 saturated carbocycles. The predicted octanol–water partition coefficient (Wildman–Crippen LogP) is 3.14. The summed E-state index contributed by atoms with van der Waals surface area (Å²) in [6.07, 6.45) is 1.13. The number of benzene rings is 2. The van der Waals surface area contributed by atoms with Gasteiger partial charge in [-0.15, -0.1) is 0 Å². The molecule has 152 valence electrons. The third kappa shape index (κ3) is 5.69. The van der Waals surface area contributed by atoms with Gasteiger partial charge in [0.1, 0.15) is 0 Å². The third-order valence-corrected chi connectivity index (χ3v) is 4.80. The van der Waals surface area contributed by atoms with Gasteiger partial charge in [-0.2, -0.15) is 0 Å². The molecule has 1 amide bonds. The Kier molecular flexibility index (Phi) is 7.04. The summed E-state index contributed by atoms with van der Waals surface area (Å²) in [5, 5.41) is 13.5. The van der Waals surface area contributed by atoms with Crippen LogP contribution in [0.2, 0.25) is 0 Å². The summed E-state index contributed by atoms with van der Waals surface area (Å²) in [6.45, 7) is 4.06. The van der Waals surface area contributed by atoms with Crippen molar-refractivity contribution in [3.8, 4) is 0 Å². The number of hydrogen-bond donors (Lipinski definition) is 1. The fraction of sp³-hybridized carbons (Fsp3) is 0.333. The molecule has 1 fully saturated rings. The summed E-state index contributed by atoms with van der Waals surface area (Å²) in [5.74, 6) is -0.452. The van der Waals surface area contributed by atoms with E-state index in [9.17, 15) is 19.7 Å². The Morgan fingerprint density at radius 3 is 2.45 bits per heavy atom. The van der Waals surface area contributed by atoms with Crippen LogP contribution in [-0.2, 0) is 4.74 Å². The predicted molar refractivity (Wildman–Crippen MR) is 108 cm³/mol. The summed E-state index contributed by atoms with van der Waals surface area (Å²) in [4.78, 5) is 37.6. The largest absolute Gasteiger partial charge is 0.379 e. The first-order valence-electron chi connectivity index (χ1n) is 9.53. The van der Waals surface area contributed by atoms with Crippen LogP contribution in [0.3, 0.4) is 0 Å². The lowest BCUT2D eigenvalue weighted by molar-refractivity contribution is -0.384. The number of ketones is 1. The minimum Gasteiger partial charge on any atom is -0.379 e. The van der Waals surface area contributed by atoms with Crippen LogP contribution in [0.4, 0.5) is 11.4 Å². The van der Waals surface area contributed by atoms with Gasteiger partial charge in [0.05, 0.1) is 23.8 Å². The minimum absolute atomic E-state index is 0.0298. The Labute approximate surface area is 168 Å². The first kappa shape index (κ1) is 20.6. The number of rotatable bonds is 8. The molecule has 0 aliphatic carbocycles. The summed E-state index contributed by atoms with van der Waals surface area (Å²) >= 11 is 0. The highest BCUT2D eigenvalue weighted by molar-refractivity contribution is 6.09. The van der Waals surface area contributed by atoms with E-state index in [4.69, 9.17) is 4.74 Å². The fourth-order valence-electron chi connectivity index (χ4n) is 3.19. The van der Waals surface area contributed by atoms with Crippen LogP contribution < -0.4 is 5.32 Å². The van der Waals surface area contributed by atoms with E-state index in [1.165, 1.54) is 24.3 Å². The zero-order valence-electron chi connectivity index (χ0n) is 16.0. The standard InChI is InChI=1S/C21H23N3O5/c25-20(6-3-11-23-12-14-29-15-13-23)18-4-1-2-5-19(18)22-21(26)16-7-9-17(10-8-16)24(27)28/h1-2,4-5,7-10H,3,6,11-15H2,(H,22,26). The number of nitro benzene ring substituents is 1. The average molecular weight is 397 g/mol. The number of nitro groups is 1. The van der Waals surface area contributed by atoms with Crippen LogP contribution in [0.5, 0.6) is 0 Å². The van der Waals surface area contributed by atoms with Gasteiger partial charge in [0.25, 0.3) is 11.6 Å². The van der Waals surface area contributed by atoms with Crippen molar-refractivity contribution in [1.82, 2.24) is 4.90 Å². The number of amides is 1. The molecule has 3 rings (SSSR count). The Hall–Kier alpha value is -3.10. The van der Waals surface area contributed by atoms with Gasteiger partial charge in [-0.25, -0.2) is 0 Å². The van der Waals surface area contributed by atoms with Gasteiger partial charge in [0.2, 0.25) is 0 Å². The topological polar surface area (TPSA) is 102 Å². The van der Waals surface area contributed by atoms with Crippen molar-refractivity contribution in [2.24, 2.45) is 0 Å². The molecule has 1 aliphatic rings. The second-order valence-corrected chi connectivity index (χ2v) is 6.78. The number of carbonyl (C=O) groups excluding carboxylic acids is 2. The van der Waals surface area contributed by atoms with Gasteiger partial charge >= 0.3 is 0 Å². The summed E-state index contributed by atoms with van der Waals surface area (Å²) in [6, 6.07) is 12.2. The smallest absolute Gasteiger partial charge is 0.269 e. The Morgan fingerprint density at radius 2 is 1.76 bits per heavy atom. The van der Waals surface area contributed by atoms with E-state index < -0.39 is 10.8 Å². The molecule has 8 heteroatoms. The molecule has 1 heterocycles. The molecule has 2 aromatic carbocycles. The lowest BCUT2D eigenvalue weighted by atomic mass is 10.0. The molecule has 1 saturated heterocycles. The van der Waals surface area contributed by atoms with Crippen molar-refractivity contribution in [3.05, 3.63) is 69.8 Å². The van der Waals surface area contributed by atoms with Gasteiger partial charge in [-0.05, 0) is 37.2 Å². The van der Waals surface area contributed by atoms with E-state index >= 15 is 0 Å². The van der Waals surface area contributed by atoms with E-state index in [1.807, 2.05) is 0 Å². The summed E-state index contributed by atoms with van der Waals surface area (Å²) < 4.78 is 5.32. The van der Waals surface area contributed by atoms with Crippen molar-refractivity contribution >= 4 is 23.1 Å². The van der Waals surface area contributed by atoms with Crippen LogP contribution in [0.25, 0.3) is 0 Å². The normalized spacial score (nSPS) is 14.3. The zero-order valence-corrected chi connectivity index (χ0v) is 16.0. The van der Waals surface area contributed by atoms with Gasteiger partial charge in [-0.1, -0.05) is 12.1 Å². The number of nitrogens with one attached hydrogen (secondary N) is 1. The maximum atomic E-state index is 12.7. The van der Waals surface area contributed by atoms with Crippen molar-refractivity contribution in [3.63, 3.8) is 0 Å². The van der Waals surface area contributed by atoms with Crippen molar-refractivity contribution in [2.45, 2.75) is 12.8 Å².